The molecule has 1 aliphatic rings. The van der Waals surface area contributed by atoms with Crippen LogP contribution in [0.2, 0.25) is 0 Å². The maximum atomic E-state index is 2.25. The first kappa shape index (κ1) is 6.66. The number of allylic oxidation sites excluding steroid dienone is 2. The second-order valence-electron chi connectivity index (χ2n) is 3.43. The van der Waals surface area contributed by atoms with Gasteiger partial charge in [0.15, 0.2) is 0 Å². The standard InChI is InChI=1S/C11H12/c1-9-5-3-4-6-10(9)11(2)7-8-11/h3-8H,1-2H3. The van der Waals surface area contributed by atoms with Crippen LogP contribution < -0.4 is 0 Å². The molecule has 0 spiro atoms. The van der Waals surface area contributed by atoms with E-state index in [9.17, 15) is 0 Å². The first-order valence-electron chi connectivity index (χ1n) is 3.99. The Labute approximate surface area is 67.6 Å². The maximum absolute atomic E-state index is 2.25. The van der Waals surface area contributed by atoms with Gasteiger partial charge in [-0.05, 0) is 25.0 Å². The van der Waals surface area contributed by atoms with Gasteiger partial charge < -0.3 is 0 Å². The van der Waals surface area contributed by atoms with E-state index in [1.807, 2.05) is 0 Å². The minimum Gasteiger partial charge on any atom is -0.0733 e. The van der Waals surface area contributed by atoms with Crippen LogP contribution in [0.1, 0.15) is 18.1 Å². The minimum absolute atomic E-state index is 0.283. The van der Waals surface area contributed by atoms with Gasteiger partial charge in [-0.2, -0.15) is 0 Å². The highest BCUT2D eigenvalue weighted by atomic mass is 14.3. The quantitative estimate of drug-likeness (QED) is 0.532. The summed E-state index contributed by atoms with van der Waals surface area (Å²) in [6, 6.07) is 8.56. The van der Waals surface area contributed by atoms with E-state index < -0.39 is 0 Å². The van der Waals surface area contributed by atoms with E-state index in [0.717, 1.165) is 0 Å². The van der Waals surface area contributed by atoms with Crippen molar-refractivity contribution >= 4 is 0 Å². The van der Waals surface area contributed by atoms with Crippen LogP contribution in [-0.2, 0) is 5.41 Å². The van der Waals surface area contributed by atoms with E-state index in [0.29, 0.717) is 0 Å². The molecule has 0 saturated heterocycles. The first-order valence-corrected chi connectivity index (χ1v) is 3.99. The van der Waals surface area contributed by atoms with Gasteiger partial charge in [0.1, 0.15) is 0 Å². The van der Waals surface area contributed by atoms with Crippen molar-refractivity contribution < 1.29 is 0 Å². The molecule has 2 rings (SSSR count). The molecule has 0 amide bonds. The molecule has 56 valence electrons. The Balaban J connectivity index is 2.45. The summed E-state index contributed by atoms with van der Waals surface area (Å²) in [5.41, 5.74) is 3.12. The number of rotatable bonds is 1. The van der Waals surface area contributed by atoms with Crippen LogP contribution in [0.5, 0.6) is 0 Å². The van der Waals surface area contributed by atoms with Crippen LogP contribution in [0.15, 0.2) is 36.4 Å². The van der Waals surface area contributed by atoms with Crippen molar-refractivity contribution in [1.82, 2.24) is 0 Å². The van der Waals surface area contributed by atoms with E-state index in [1.54, 1.807) is 0 Å². The van der Waals surface area contributed by atoms with Crippen LogP contribution in [0.3, 0.4) is 0 Å². The fourth-order valence-corrected chi connectivity index (χ4v) is 1.48. The molecule has 1 aromatic carbocycles. The zero-order chi connectivity index (χ0) is 7.90. The van der Waals surface area contributed by atoms with Gasteiger partial charge in [-0.25, -0.2) is 0 Å². The lowest BCUT2D eigenvalue weighted by Gasteiger charge is -2.12. The van der Waals surface area contributed by atoms with Crippen molar-refractivity contribution in [3.05, 3.63) is 47.5 Å². The minimum atomic E-state index is 0.283. The third-order valence-electron chi connectivity index (χ3n) is 2.39. The highest BCUT2D eigenvalue weighted by Gasteiger charge is 2.30. The predicted octanol–water partition coefficient (Wildman–Crippen LogP) is 2.82. The molecule has 0 aliphatic heterocycles. The summed E-state index contributed by atoms with van der Waals surface area (Å²) in [5.74, 6) is 0. The number of hydrogen-bond acceptors (Lipinski definition) is 0. The molecule has 0 unspecified atom stereocenters. The van der Waals surface area contributed by atoms with Crippen LogP contribution in [-0.4, -0.2) is 0 Å². The van der Waals surface area contributed by atoms with Crippen LogP contribution in [0.4, 0.5) is 0 Å². The zero-order valence-corrected chi connectivity index (χ0v) is 6.96. The van der Waals surface area contributed by atoms with Crippen molar-refractivity contribution in [2.24, 2.45) is 0 Å². The molecule has 0 aromatic heterocycles. The molecule has 11 heavy (non-hydrogen) atoms. The Hall–Kier alpha value is -1.04. The summed E-state index contributed by atoms with van der Waals surface area (Å²) >= 11 is 0. The van der Waals surface area contributed by atoms with E-state index in [-0.39, 0.29) is 5.41 Å². The van der Waals surface area contributed by atoms with Gasteiger partial charge in [-0.1, -0.05) is 36.4 Å². The van der Waals surface area contributed by atoms with Crippen molar-refractivity contribution in [3.63, 3.8) is 0 Å². The molecule has 0 bridgehead atoms. The Morgan fingerprint density at radius 2 is 1.73 bits per heavy atom. The first-order chi connectivity index (χ1) is 5.22. The van der Waals surface area contributed by atoms with Crippen molar-refractivity contribution in [1.29, 1.82) is 0 Å². The highest BCUT2D eigenvalue weighted by molar-refractivity contribution is 5.49. The monoisotopic (exact) mass is 144 g/mol. The van der Waals surface area contributed by atoms with Gasteiger partial charge in [0.25, 0.3) is 0 Å². The van der Waals surface area contributed by atoms with Gasteiger partial charge >= 0.3 is 0 Å². The summed E-state index contributed by atoms with van der Waals surface area (Å²) in [7, 11) is 0. The number of aryl methyl sites for hydroxylation is 1. The maximum Gasteiger partial charge on any atom is 0.0287 e. The van der Waals surface area contributed by atoms with Gasteiger partial charge in [0, 0.05) is 5.41 Å². The molecule has 1 aliphatic carbocycles. The fourth-order valence-electron chi connectivity index (χ4n) is 1.48. The van der Waals surface area contributed by atoms with E-state index in [1.165, 1.54) is 11.1 Å². The Morgan fingerprint density at radius 3 is 2.27 bits per heavy atom. The molecule has 0 radical (unpaired) electrons. The van der Waals surface area contributed by atoms with Crippen LogP contribution in [0.25, 0.3) is 0 Å². The third-order valence-corrected chi connectivity index (χ3v) is 2.39. The van der Waals surface area contributed by atoms with Crippen LogP contribution in [0, 0.1) is 6.92 Å². The van der Waals surface area contributed by atoms with Gasteiger partial charge in [0.2, 0.25) is 0 Å². The van der Waals surface area contributed by atoms with Crippen LogP contribution >= 0.6 is 0 Å². The molecule has 0 N–H and O–H groups in total. The summed E-state index contributed by atoms with van der Waals surface area (Å²) in [6.45, 7) is 4.41. The average molecular weight is 144 g/mol. The summed E-state index contributed by atoms with van der Waals surface area (Å²) in [5, 5.41) is 0. The molecule has 0 heteroatoms. The van der Waals surface area contributed by atoms with Crippen molar-refractivity contribution in [2.75, 3.05) is 0 Å². The average Bonchev–Trinajstić information content (AvgIpc) is 2.70. The Morgan fingerprint density at radius 1 is 1.09 bits per heavy atom. The molecule has 0 heterocycles. The second-order valence-corrected chi connectivity index (χ2v) is 3.43. The predicted molar refractivity (Wildman–Crippen MR) is 47.7 cm³/mol. The normalized spacial score (nSPS) is 18.4. The van der Waals surface area contributed by atoms with E-state index in [2.05, 4.69) is 50.3 Å². The molecule has 0 nitrogen and oxygen atoms in total. The summed E-state index contributed by atoms with van der Waals surface area (Å²) < 4.78 is 0. The van der Waals surface area contributed by atoms with Gasteiger partial charge in [-0.15, -0.1) is 0 Å². The van der Waals surface area contributed by atoms with Crippen molar-refractivity contribution in [2.45, 2.75) is 19.3 Å². The second kappa shape index (κ2) is 1.97. The summed E-state index contributed by atoms with van der Waals surface area (Å²) in [6.07, 6.45) is 4.49. The summed E-state index contributed by atoms with van der Waals surface area (Å²) in [4.78, 5) is 0. The lowest BCUT2D eigenvalue weighted by atomic mass is 9.92. The highest BCUT2D eigenvalue weighted by Crippen LogP contribution is 2.39. The lowest BCUT2D eigenvalue weighted by molar-refractivity contribution is 0.860. The van der Waals surface area contributed by atoms with Gasteiger partial charge in [0.05, 0.1) is 0 Å². The molecule has 0 saturated carbocycles. The Bertz CT molecular complexity index is 302. The van der Waals surface area contributed by atoms with Crippen molar-refractivity contribution in [3.8, 4) is 0 Å². The Kier molecular flexibility index (Phi) is 1.19. The van der Waals surface area contributed by atoms with Gasteiger partial charge in [-0.3, -0.25) is 0 Å². The number of hydrogen-bond donors (Lipinski definition) is 0. The fraction of sp³-hybridized carbons (Fsp3) is 0.273. The SMILES string of the molecule is Cc1ccccc1C1(C)C=C1. The lowest BCUT2D eigenvalue weighted by Crippen LogP contribution is -2.03. The third kappa shape index (κ3) is 0.988. The van der Waals surface area contributed by atoms with E-state index >= 15 is 0 Å². The molecular formula is C11H12. The largest absolute Gasteiger partial charge is 0.0733 e. The molecular weight excluding hydrogens is 132 g/mol. The topological polar surface area (TPSA) is 0 Å². The molecule has 0 fully saturated rings. The van der Waals surface area contributed by atoms with E-state index in [4.69, 9.17) is 0 Å². The smallest absolute Gasteiger partial charge is 0.0287 e. The molecule has 1 aromatic rings. The number of benzene rings is 1. The zero-order valence-electron chi connectivity index (χ0n) is 6.96. The molecule has 0 atom stereocenters.